The fourth-order valence-corrected chi connectivity index (χ4v) is 5.80. The van der Waals surface area contributed by atoms with E-state index in [1.54, 1.807) is 24.3 Å². The van der Waals surface area contributed by atoms with Gasteiger partial charge in [-0.3, -0.25) is 19.3 Å². The Morgan fingerprint density at radius 3 is 2.00 bits per heavy atom. The fourth-order valence-electron chi connectivity index (χ4n) is 5.80. The third kappa shape index (κ3) is 4.49. The number of anilines is 1. The Balaban J connectivity index is 1.12. The van der Waals surface area contributed by atoms with E-state index in [0.29, 0.717) is 23.1 Å². The molecule has 2 aromatic carbocycles. The number of nitrogens with zero attached hydrogens (tertiary/aromatic N) is 3. The summed E-state index contributed by atoms with van der Waals surface area (Å²) < 4.78 is 13.1. The summed E-state index contributed by atoms with van der Waals surface area (Å²) in [5, 5.41) is 0. The van der Waals surface area contributed by atoms with Crippen LogP contribution in [-0.4, -0.2) is 59.7 Å². The number of halogens is 1. The number of carbonyl (C=O) groups is 3. The largest absolute Gasteiger partial charge is 0.339 e. The maximum absolute atomic E-state index is 13.1. The summed E-state index contributed by atoms with van der Waals surface area (Å²) in [6.45, 7) is 3.10. The maximum Gasteiger partial charge on any atom is 0.253 e. The van der Waals surface area contributed by atoms with Crippen molar-refractivity contribution < 1.29 is 18.8 Å². The van der Waals surface area contributed by atoms with E-state index in [-0.39, 0.29) is 36.0 Å². The Morgan fingerprint density at radius 1 is 0.794 bits per heavy atom. The molecular formula is C27H30FN3O3. The molecule has 1 unspecified atom stereocenters. The minimum Gasteiger partial charge on any atom is -0.339 e. The van der Waals surface area contributed by atoms with Gasteiger partial charge in [0.1, 0.15) is 5.82 Å². The highest BCUT2D eigenvalue weighted by molar-refractivity contribution is 6.22. The van der Waals surface area contributed by atoms with Crippen LogP contribution in [0.2, 0.25) is 0 Å². The summed E-state index contributed by atoms with van der Waals surface area (Å²) in [7, 11) is 0. The van der Waals surface area contributed by atoms with E-state index in [9.17, 15) is 18.8 Å². The second kappa shape index (κ2) is 9.66. The average molecular weight is 464 g/mol. The van der Waals surface area contributed by atoms with Gasteiger partial charge in [-0.15, -0.1) is 0 Å². The minimum atomic E-state index is -0.358. The predicted octanol–water partition coefficient (Wildman–Crippen LogP) is 3.72. The number of likely N-dealkylation sites (tertiary alicyclic amines) is 2. The number of carbonyl (C=O) groups excluding carboxylic acids is 3. The summed E-state index contributed by atoms with van der Waals surface area (Å²) in [6, 6.07) is 14.6. The van der Waals surface area contributed by atoms with Gasteiger partial charge in [0, 0.05) is 18.7 Å². The van der Waals surface area contributed by atoms with Gasteiger partial charge in [0.2, 0.25) is 5.91 Å². The Morgan fingerprint density at radius 2 is 1.38 bits per heavy atom. The zero-order valence-corrected chi connectivity index (χ0v) is 19.2. The first kappa shape index (κ1) is 22.7. The van der Waals surface area contributed by atoms with E-state index in [1.165, 1.54) is 17.0 Å². The Kier molecular flexibility index (Phi) is 6.46. The van der Waals surface area contributed by atoms with Crippen molar-refractivity contribution in [1.82, 2.24) is 9.80 Å². The fraction of sp³-hybridized carbons (Fsp3) is 0.444. The van der Waals surface area contributed by atoms with Crippen LogP contribution in [0, 0.1) is 17.7 Å². The lowest BCUT2D eigenvalue weighted by molar-refractivity contribution is -0.123. The van der Waals surface area contributed by atoms with Crippen molar-refractivity contribution in [2.45, 2.75) is 38.1 Å². The molecule has 178 valence electrons. The van der Waals surface area contributed by atoms with Gasteiger partial charge in [-0.05, 0) is 87.0 Å². The lowest BCUT2D eigenvalue weighted by atomic mass is 9.78. The molecule has 0 spiro atoms. The van der Waals surface area contributed by atoms with Crippen LogP contribution in [-0.2, 0) is 9.59 Å². The molecule has 0 aromatic heterocycles. The Hall–Kier alpha value is -3.06. The second-order valence-electron chi connectivity index (χ2n) is 9.63. The standard InChI is InChI=1S/C27H30FN3O3/c28-22-8-6-21(7-9-22)26(33)30-16-12-20(13-17-30)19-10-14-29(15-11-19)24-18-25(32)31(27(24)34)23-4-2-1-3-5-23/h1-9,19-20,24H,10-18H2. The number of hydrogen-bond acceptors (Lipinski definition) is 4. The molecule has 5 rings (SSSR count). The molecule has 3 amide bonds. The van der Waals surface area contributed by atoms with Crippen molar-refractivity contribution >= 4 is 23.4 Å². The van der Waals surface area contributed by atoms with Crippen molar-refractivity contribution in [3.63, 3.8) is 0 Å². The van der Waals surface area contributed by atoms with Crippen LogP contribution < -0.4 is 4.90 Å². The molecule has 3 fully saturated rings. The van der Waals surface area contributed by atoms with Crippen molar-refractivity contribution in [3.05, 3.63) is 66.0 Å². The van der Waals surface area contributed by atoms with Crippen molar-refractivity contribution in [3.8, 4) is 0 Å². The average Bonchev–Trinajstić information content (AvgIpc) is 3.18. The summed E-state index contributed by atoms with van der Waals surface area (Å²) >= 11 is 0. The molecule has 0 aliphatic carbocycles. The van der Waals surface area contributed by atoms with E-state index in [1.807, 2.05) is 23.1 Å². The van der Waals surface area contributed by atoms with Crippen LogP contribution in [0.5, 0.6) is 0 Å². The molecule has 0 saturated carbocycles. The van der Waals surface area contributed by atoms with Gasteiger partial charge in [-0.2, -0.15) is 0 Å². The highest BCUT2D eigenvalue weighted by Crippen LogP contribution is 2.35. The number of benzene rings is 2. The summed E-state index contributed by atoms with van der Waals surface area (Å²) in [6.07, 6.45) is 4.22. The Labute approximate surface area is 199 Å². The third-order valence-corrected chi connectivity index (χ3v) is 7.74. The first-order valence-electron chi connectivity index (χ1n) is 12.2. The van der Waals surface area contributed by atoms with E-state index >= 15 is 0 Å². The molecule has 2 aromatic rings. The second-order valence-corrected chi connectivity index (χ2v) is 9.63. The lowest BCUT2D eigenvalue weighted by Gasteiger charge is -2.41. The molecule has 3 heterocycles. The summed E-state index contributed by atoms with van der Waals surface area (Å²) in [5.74, 6) is 0.556. The number of piperidine rings is 2. The molecule has 0 N–H and O–H groups in total. The van der Waals surface area contributed by atoms with Crippen LogP contribution in [0.15, 0.2) is 54.6 Å². The molecule has 1 atom stereocenters. The van der Waals surface area contributed by atoms with E-state index < -0.39 is 0 Å². The quantitative estimate of drug-likeness (QED) is 0.649. The van der Waals surface area contributed by atoms with Crippen LogP contribution in [0.3, 0.4) is 0 Å². The van der Waals surface area contributed by atoms with Gasteiger partial charge in [0.15, 0.2) is 0 Å². The van der Waals surface area contributed by atoms with Crippen molar-refractivity contribution in [1.29, 1.82) is 0 Å². The van der Waals surface area contributed by atoms with Crippen molar-refractivity contribution in [2.75, 3.05) is 31.1 Å². The summed E-state index contributed by atoms with van der Waals surface area (Å²) in [5.41, 5.74) is 1.19. The van der Waals surface area contributed by atoms with Crippen LogP contribution in [0.1, 0.15) is 42.5 Å². The molecule has 0 bridgehead atoms. The molecule has 6 nitrogen and oxygen atoms in total. The highest BCUT2D eigenvalue weighted by atomic mass is 19.1. The molecule has 3 saturated heterocycles. The molecule has 3 aliphatic rings. The monoisotopic (exact) mass is 463 g/mol. The number of amides is 3. The van der Waals surface area contributed by atoms with Gasteiger partial charge in [-0.1, -0.05) is 18.2 Å². The van der Waals surface area contributed by atoms with Gasteiger partial charge in [-0.25, -0.2) is 9.29 Å². The van der Waals surface area contributed by atoms with E-state index in [0.717, 1.165) is 51.9 Å². The zero-order valence-electron chi connectivity index (χ0n) is 19.2. The summed E-state index contributed by atoms with van der Waals surface area (Å²) in [4.78, 5) is 43.7. The van der Waals surface area contributed by atoms with Gasteiger partial charge in [0.05, 0.1) is 18.2 Å². The van der Waals surface area contributed by atoms with Crippen molar-refractivity contribution in [2.24, 2.45) is 11.8 Å². The maximum atomic E-state index is 13.1. The minimum absolute atomic E-state index is 0.0272. The number of para-hydroxylation sites is 1. The normalized spacial score (nSPS) is 23.0. The zero-order chi connectivity index (χ0) is 23.7. The van der Waals surface area contributed by atoms with E-state index in [4.69, 9.17) is 0 Å². The van der Waals surface area contributed by atoms with Crippen LogP contribution in [0.25, 0.3) is 0 Å². The van der Waals surface area contributed by atoms with Gasteiger partial charge >= 0.3 is 0 Å². The first-order valence-corrected chi connectivity index (χ1v) is 12.2. The number of hydrogen-bond donors (Lipinski definition) is 0. The smallest absolute Gasteiger partial charge is 0.253 e. The van der Waals surface area contributed by atoms with Gasteiger partial charge in [0.25, 0.3) is 11.8 Å². The topological polar surface area (TPSA) is 60.9 Å². The predicted molar refractivity (Wildman–Crippen MR) is 127 cm³/mol. The van der Waals surface area contributed by atoms with Crippen LogP contribution in [0.4, 0.5) is 10.1 Å². The third-order valence-electron chi connectivity index (χ3n) is 7.74. The molecular weight excluding hydrogens is 433 g/mol. The SMILES string of the molecule is O=C(c1ccc(F)cc1)N1CCC(C2CCN(C3CC(=O)N(c4ccccc4)C3=O)CC2)CC1. The van der Waals surface area contributed by atoms with Gasteiger partial charge < -0.3 is 4.90 Å². The number of rotatable bonds is 4. The van der Waals surface area contributed by atoms with E-state index in [2.05, 4.69) is 4.90 Å². The first-order chi connectivity index (χ1) is 16.5. The number of imide groups is 1. The molecule has 3 aliphatic heterocycles. The van der Waals surface area contributed by atoms with Crippen LogP contribution >= 0.6 is 0 Å². The molecule has 7 heteroatoms. The highest BCUT2D eigenvalue weighted by Gasteiger charge is 2.44. The lowest BCUT2D eigenvalue weighted by Crippen LogP contribution is -2.47. The Bertz CT molecular complexity index is 1040. The molecule has 34 heavy (non-hydrogen) atoms. The molecule has 0 radical (unpaired) electrons.